The molecule has 1 rings (SSSR count). The van der Waals surface area contributed by atoms with Gasteiger partial charge in [0.05, 0.1) is 6.10 Å². The summed E-state index contributed by atoms with van der Waals surface area (Å²) in [7, 11) is 0. The van der Waals surface area contributed by atoms with E-state index in [4.69, 9.17) is 4.74 Å². The van der Waals surface area contributed by atoms with Crippen molar-refractivity contribution in [2.75, 3.05) is 5.75 Å². The first-order valence-corrected chi connectivity index (χ1v) is 4.71. The monoisotopic (exact) mass is 212 g/mol. The van der Waals surface area contributed by atoms with Gasteiger partial charge in [-0.25, -0.2) is 0 Å². The molecule has 0 aromatic heterocycles. The fourth-order valence-corrected chi connectivity index (χ4v) is 1.72. The Labute approximate surface area is 81.4 Å². The van der Waals surface area contributed by atoms with Gasteiger partial charge in [0.15, 0.2) is 0 Å². The van der Waals surface area contributed by atoms with E-state index in [2.05, 4.69) is 25.3 Å². The molecule has 0 radical (unpaired) electrons. The van der Waals surface area contributed by atoms with Gasteiger partial charge in [0.1, 0.15) is 23.7 Å². The Kier molecular flexibility index (Phi) is 3.69. The SMILES string of the molecule is O[C@@H]1[C@@H](O)[C@H](S)O[C@H](CS)[C@@H]1O. The third-order valence-corrected chi connectivity index (χ3v) is 2.65. The fraction of sp³-hybridized carbons (Fsp3) is 1.00. The fourth-order valence-electron chi connectivity index (χ4n) is 1.08. The minimum atomic E-state index is -1.21. The van der Waals surface area contributed by atoms with E-state index < -0.39 is 29.9 Å². The van der Waals surface area contributed by atoms with Crippen molar-refractivity contribution in [2.24, 2.45) is 0 Å². The molecule has 0 saturated carbocycles. The Bertz CT molecular complexity index is 152. The first-order valence-electron chi connectivity index (χ1n) is 3.56. The molecule has 1 fully saturated rings. The van der Waals surface area contributed by atoms with Crippen LogP contribution in [0.15, 0.2) is 0 Å². The van der Waals surface area contributed by atoms with Crippen molar-refractivity contribution in [3.05, 3.63) is 0 Å². The summed E-state index contributed by atoms with van der Waals surface area (Å²) in [4.78, 5) is 0. The molecule has 3 N–H and O–H groups in total. The minimum Gasteiger partial charge on any atom is -0.388 e. The summed E-state index contributed by atoms with van der Waals surface area (Å²) < 4.78 is 5.06. The molecule has 1 aliphatic heterocycles. The summed E-state index contributed by atoms with van der Waals surface area (Å²) >= 11 is 7.81. The third-order valence-electron chi connectivity index (χ3n) is 1.87. The molecule has 4 nitrogen and oxygen atoms in total. The highest BCUT2D eigenvalue weighted by atomic mass is 32.1. The van der Waals surface area contributed by atoms with Crippen molar-refractivity contribution in [1.29, 1.82) is 0 Å². The van der Waals surface area contributed by atoms with E-state index >= 15 is 0 Å². The van der Waals surface area contributed by atoms with Crippen LogP contribution >= 0.6 is 25.3 Å². The van der Waals surface area contributed by atoms with Crippen LogP contribution in [0.3, 0.4) is 0 Å². The van der Waals surface area contributed by atoms with E-state index in [1.165, 1.54) is 0 Å². The zero-order chi connectivity index (χ0) is 9.30. The van der Waals surface area contributed by atoms with E-state index in [-0.39, 0.29) is 5.75 Å². The second-order valence-electron chi connectivity index (χ2n) is 2.72. The smallest absolute Gasteiger partial charge is 0.129 e. The zero-order valence-electron chi connectivity index (χ0n) is 6.24. The van der Waals surface area contributed by atoms with Crippen molar-refractivity contribution in [3.8, 4) is 0 Å². The number of aliphatic hydroxyl groups excluding tert-OH is 3. The maximum absolute atomic E-state index is 9.31. The van der Waals surface area contributed by atoms with Gasteiger partial charge >= 0.3 is 0 Å². The average Bonchev–Trinajstić information content (AvgIpc) is 2.08. The van der Waals surface area contributed by atoms with Crippen molar-refractivity contribution in [2.45, 2.75) is 29.9 Å². The highest BCUT2D eigenvalue weighted by Gasteiger charge is 2.41. The van der Waals surface area contributed by atoms with Gasteiger partial charge in [-0.1, -0.05) is 0 Å². The number of aliphatic hydroxyl groups is 3. The zero-order valence-corrected chi connectivity index (χ0v) is 8.03. The normalized spacial score (nSPS) is 49.2. The Morgan fingerprint density at radius 1 is 1.08 bits per heavy atom. The average molecular weight is 212 g/mol. The highest BCUT2D eigenvalue weighted by molar-refractivity contribution is 7.81. The molecule has 0 spiro atoms. The number of hydrogen-bond acceptors (Lipinski definition) is 6. The molecule has 1 aliphatic rings. The third kappa shape index (κ3) is 1.89. The highest BCUT2D eigenvalue weighted by Crippen LogP contribution is 2.23. The van der Waals surface area contributed by atoms with Gasteiger partial charge < -0.3 is 20.1 Å². The van der Waals surface area contributed by atoms with E-state index in [1.807, 2.05) is 0 Å². The molecule has 1 heterocycles. The maximum Gasteiger partial charge on any atom is 0.129 e. The standard InChI is InChI=1S/C6H12O4S2/c7-3-2(1-11)10-6(12)5(9)4(3)8/h2-9,11-12H,1H2/t2-,3+,4+,5-,6+/m1/s1. The van der Waals surface area contributed by atoms with Crippen LogP contribution in [0, 0.1) is 0 Å². The predicted octanol–water partition coefficient (Wildman–Crippen LogP) is -1.35. The Balaban J connectivity index is 2.63. The lowest BCUT2D eigenvalue weighted by Crippen LogP contribution is -2.56. The van der Waals surface area contributed by atoms with Gasteiger partial charge in [0.25, 0.3) is 0 Å². The lowest BCUT2D eigenvalue weighted by atomic mass is 10.0. The number of rotatable bonds is 1. The molecular weight excluding hydrogens is 200 g/mol. The molecule has 72 valence electrons. The Hall–Kier alpha value is 0.540. The molecule has 5 atom stereocenters. The van der Waals surface area contributed by atoms with Gasteiger partial charge in [-0.05, 0) is 0 Å². The summed E-state index contributed by atoms with van der Waals surface area (Å²) in [5, 5.41) is 27.8. The van der Waals surface area contributed by atoms with Crippen LogP contribution in [0.1, 0.15) is 0 Å². The molecule has 6 heteroatoms. The quantitative estimate of drug-likeness (QED) is 0.349. The molecular formula is C6H12O4S2. The summed E-state index contributed by atoms with van der Waals surface area (Å²) in [6.07, 6.45) is -4.03. The van der Waals surface area contributed by atoms with Crippen LogP contribution in [-0.4, -0.2) is 50.9 Å². The van der Waals surface area contributed by atoms with Crippen molar-refractivity contribution in [3.63, 3.8) is 0 Å². The van der Waals surface area contributed by atoms with Gasteiger partial charge in [-0.2, -0.15) is 12.6 Å². The molecule has 0 unspecified atom stereocenters. The lowest BCUT2D eigenvalue weighted by molar-refractivity contribution is -0.190. The van der Waals surface area contributed by atoms with Crippen LogP contribution < -0.4 is 0 Å². The minimum absolute atomic E-state index is 0.280. The van der Waals surface area contributed by atoms with E-state index in [0.29, 0.717) is 0 Å². The summed E-state index contributed by atoms with van der Waals surface area (Å²) in [5.41, 5.74) is -0.763. The number of ether oxygens (including phenoxy) is 1. The van der Waals surface area contributed by atoms with Crippen LogP contribution in [0.5, 0.6) is 0 Å². The van der Waals surface area contributed by atoms with Gasteiger partial charge in [-0.15, -0.1) is 12.6 Å². The van der Waals surface area contributed by atoms with Crippen LogP contribution in [-0.2, 0) is 4.74 Å². The number of hydrogen-bond donors (Lipinski definition) is 5. The van der Waals surface area contributed by atoms with Gasteiger partial charge in [0, 0.05) is 5.75 Å². The lowest BCUT2D eigenvalue weighted by Gasteiger charge is -2.38. The molecule has 0 bridgehead atoms. The number of thiol groups is 2. The Morgan fingerprint density at radius 3 is 2.17 bits per heavy atom. The molecule has 0 aliphatic carbocycles. The topological polar surface area (TPSA) is 69.9 Å². The summed E-state index contributed by atoms with van der Waals surface area (Å²) in [5.74, 6) is 0.280. The second kappa shape index (κ2) is 4.17. The molecule has 0 aromatic rings. The van der Waals surface area contributed by atoms with Crippen LogP contribution in [0.25, 0.3) is 0 Å². The van der Waals surface area contributed by atoms with Crippen molar-refractivity contribution < 1.29 is 20.1 Å². The van der Waals surface area contributed by atoms with E-state index in [1.54, 1.807) is 0 Å². The molecule has 0 amide bonds. The largest absolute Gasteiger partial charge is 0.388 e. The molecule has 1 saturated heterocycles. The van der Waals surface area contributed by atoms with Crippen molar-refractivity contribution >= 4 is 25.3 Å². The first-order chi connectivity index (χ1) is 5.57. The second-order valence-corrected chi connectivity index (χ2v) is 3.59. The first kappa shape index (κ1) is 10.6. The van der Waals surface area contributed by atoms with Crippen LogP contribution in [0.2, 0.25) is 0 Å². The summed E-state index contributed by atoms with van der Waals surface area (Å²) in [6, 6.07) is 0. The van der Waals surface area contributed by atoms with E-state index in [0.717, 1.165) is 0 Å². The summed E-state index contributed by atoms with van der Waals surface area (Å²) in [6.45, 7) is 0. The molecule has 0 aromatic carbocycles. The van der Waals surface area contributed by atoms with Crippen molar-refractivity contribution in [1.82, 2.24) is 0 Å². The van der Waals surface area contributed by atoms with E-state index in [9.17, 15) is 15.3 Å². The molecule has 12 heavy (non-hydrogen) atoms. The van der Waals surface area contributed by atoms with Crippen LogP contribution in [0.4, 0.5) is 0 Å². The van der Waals surface area contributed by atoms with Gasteiger partial charge in [0.2, 0.25) is 0 Å². The Morgan fingerprint density at radius 2 is 1.67 bits per heavy atom. The van der Waals surface area contributed by atoms with Gasteiger partial charge in [-0.3, -0.25) is 0 Å². The maximum atomic E-state index is 9.31. The predicted molar refractivity (Wildman–Crippen MR) is 49.5 cm³/mol.